The van der Waals surface area contributed by atoms with Gasteiger partial charge in [-0.05, 0) is 13.1 Å². The Morgan fingerprint density at radius 3 is 2.90 bits per heavy atom. The van der Waals surface area contributed by atoms with Gasteiger partial charge in [-0.15, -0.1) is 6.42 Å². The van der Waals surface area contributed by atoms with Gasteiger partial charge in [-0.3, -0.25) is 0 Å². The molecule has 0 spiro atoms. The van der Waals surface area contributed by atoms with Crippen molar-refractivity contribution in [2.75, 3.05) is 26.3 Å². The molecule has 3 heteroatoms. The molecule has 0 N–H and O–H groups in total. The SMILES string of the molecule is [B]N1CC(COCC#C)C1. The van der Waals surface area contributed by atoms with Gasteiger partial charge in [0, 0.05) is 5.92 Å². The molecule has 0 atom stereocenters. The zero-order valence-electron chi connectivity index (χ0n) is 5.92. The van der Waals surface area contributed by atoms with Crippen molar-refractivity contribution in [2.45, 2.75) is 0 Å². The van der Waals surface area contributed by atoms with Crippen LogP contribution in [0.25, 0.3) is 0 Å². The minimum absolute atomic E-state index is 0.418. The highest BCUT2D eigenvalue weighted by Crippen LogP contribution is 2.11. The molecular weight excluding hydrogens is 125 g/mol. The Labute approximate surface area is 63.0 Å². The molecule has 0 aromatic rings. The van der Waals surface area contributed by atoms with Gasteiger partial charge >= 0.3 is 0 Å². The lowest BCUT2D eigenvalue weighted by atomic mass is 9.97. The van der Waals surface area contributed by atoms with E-state index in [0.29, 0.717) is 12.5 Å². The van der Waals surface area contributed by atoms with E-state index in [1.807, 2.05) is 0 Å². The second-order valence-corrected chi connectivity index (χ2v) is 2.54. The lowest BCUT2D eigenvalue weighted by Crippen LogP contribution is -2.46. The number of hydrogen-bond donors (Lipinski definition) is 0. The summed E-state index contributed by atoms with van der Waals surface area (Å²) in [5.74, 6) is 3.01. The van der Waals surface area contributed by atoms with Gasteiger partial charge in [0.2, 0.25) is 0 Å². The first-order chi connectivity index (χ1) is 4.83. The average Bonchev–Trinajstić information content (AvgIpc) is 1.85. The van der Waals surface area contributed by atoms with Crippen LogP contribution in [0.15, 0.2) is 0 Å². The molecule has 10 heavy (non-hydrogen) atoms. The first kappa shape index (κ1) is 7.65. The topological polar surface area (TPSA) is 12.5 Å². The van der Waals surface area contributed by atoms with E-state index in [4.69, 9.17) is 19.1 Å². The number of hydrogen-bond acceptors (Lipinski definition) is 2. The third kappa shape index (κ3) is 2.05. The molecule has 0 saturated carbocycles. The fourth-order valence-corrected chi connectivity index (χ4v) is 1.000. The molecule has 0 bridgehead atoms. The third-order valence-electron chi connectivity index (χ3n) is 1.52. The molecule has 0 unspecified atom stereocenters. The third-order valence-corrected chi connectivity index (χ3v) is 1.52. The van der Waals surface area contributed by atoms with Crippen LogP contribution >= 0.6 is 0 Å². The van der Waals surface area contributed by atoms with E-state index >= 15 is 0 Å². The summed E-state index contributed by atoms with van der Waals surface area (Å²) in [6.07, 6.45) is 4.99. The zero-order chi connectivity index (χ0) is 7.40. The summed E-state index contributed by atoms with van der Waals surface area (Å²) < 4.78 is 5.12. The number of nitrogens with zero attached hydrogens (tertiary/aromatic N) is 1. The lowest BCUT2D eigenvalue weighted by Gasteiger charge is -2.36. The van der Waals surface area contributed by atoms with E-state index in [-0.39, 0.29) is 0 Å². The van der Waals surface area contributed by atoms with Gasteiger partial charge in [0.25, 0.3) is 0 Å². The zero-order valence-corrected chi connectivity index (χ0v) is 5.92. The van der Waals surface area contributed by atoms with Crippen molar-refractivity contribution < 1.29 is 4.74 Å². The van der Waals surface area contributed by atoms with Gasteiger partial charge in [0.05, 0.1) is 6.61 Å². The van der Waals surface area contributed by atoms with Crippen molar-refractivity contribution in [1.82, 2.24) is 4.81 Å². The molecule has 1 aliphatic heterocycles. The fraction of sp³-hybridized carbons (Fsp3) is 0.714. The van der Waals surface area contributed by atoms with Crippen LogP contribution in [0, 0.1) is 18.3 Å². The number of ether oxygens (including phenoxy) is 1. The Bertz CT molecular complexity index is 137. The first-order valence-electron chi connectivity index (χ1n) is 3.33. The molecule has 0 amide bonds. The second-order valence-electron chi connectivity index (χ2n) is 2.54. The van der Waals surface area contributed by atoms with Crippen molar-refractivity contribution >= 4 is 7.98 Å². The summed E-state index contributed by atoms with van der Waals surface area (Å²) in [6.45, 7) is 3.04. The maximum Gasteiger partial charge on any atom is 0.182 e. The molecule has 0 aliphatic carbocycles. The highest BCUT2D eigenvalue weighted by Gasteiger charge is 2.21. The largest absolute Gasteiger partial charge is 0.368 e. The second kappa shape index (κ2) is 3.65. The van der Waals surface area contributed by atoms with E-state index < -0.39 is 0 Å². The fourth-order valence-electron chi connectivity index (χ4n) is 1.000. The quantitative estimate of drug-likeness (QED) is 0.298. The van der Waals surface area contributed by atoms with Crippen LogP contribution in [0.5, 0.6) is 0 Å². The molecule has 2 radical (unpaired) electrons. The maximum atomic E-state index is 5.41. The Hall–Kier alpha value is -0.455. The Balaban J connectivity index is 1.91. The Morgan fingerprint density at radius 1 is 1.70 bits per heavy atom. The maximum absolute atomic E-state index is 5.41. The van der Waals surface area contributed by atoms with Gasteiger partial charge in [0.15, 0.2) is 7.98 Å². The molecule has 1 saturated heterocycles. The molecule has 1 heterocycles. The minimum Gasteiger partial charge on any atom is -0.368 e. The highest BCUT2D eigenvalue weighted by atomic mass is 16.5. The smallest absolute Gasteiger partial charge is 0.182 e. The monoisotopic (exact) mass is 135 g/mol. The molecule has 1 aliphatic rings. The van der Waals surface area contributed by atoms with Crippen LogP contribution in [0.2, 0.25) is 0 Å². The standard InChI is InChI=1S/C7H10BNO/c1-2-3-10-6-7-4-9(8)5-7/h1,7H,3-6H2. The van der Waals surface area contributed by atoms with E-state index in [2.05, 4.69) is 5.92 Å². The predicted molar refractivity (Wildman–Crippen MR) is 40.5 cm³/mol. The van der Waals surface area contributed by atoms with Gasteiger partial charge in [0.1, 0.15) is 6.61 Å². The number of terminal acetylenes is 1. The molecule has 1 fully saturated rings. The van der Waals surface area contributed by atoms with E-state index in [0.717, 1.165) is 19.7 Å². The summed E-state index contributed by atoms with van der Waals surface area (Å²) in [7, 11) is 5.41. The van der Waals surface area contributed by atoms with Crippen molar-refractivity contribution in [2.24, 2.45) is 5.92 Å². The van der Waals surface area contributed by atoms with Gasteiger partial charge < -0.3 is 9.55 Å². The molecule has 52 valence electrons. The van der Waals surface area contributed by atoms with Gasteiger partial charge in [-0.25, -0.2) is 0 Å². The molecule has 1 rings (SSSR count). The highest BCUT2D eigenvalue weighted by molar-refractivity contribution is 6.04. The van der Waals surface area contributed by atoms with Crippen LogP contribution in [0.3, 0.4) is 0 Å². The van der Waals surface area contributed by atoms with E-state index in [1.54, 1.807) is 4.81 Å². The molecule has 0 aromatic carbocycles. The average molecular weight is 135 g/mol. The van der Waals surface area contributed by atoms with Crippen LogP contribution in [0.1, 0.15) is 0 Å². The molecular formula is C7H10BNO. The Kier molecular flexibility index (Phi) is 2.79. The van der Waals surface area contributed by atoms with Crippen LogP contribution in [0.4, 0.5) is 0 Å². The van der Waals surface area contributed by atoms with Gasteiger partial charge in [-0.2, -0.15) is 0 Å². The molecule has 2 nitrogen and oxygen atoms in total. The predicted octanol–water partition coefficient (Wildman–Crippen LogP) is -0.349. The minimum atomic E-state index is 0.418. The first-order valence-corrected chi connectivity index (χ1v) is 3.33. The van der Waals surface area contributed by atoms with Crippen LogP contribution in [-0.4, -0.2) is 39.1 Å². The van der Waals surface area contributed by atoms with E-state index in [9.17, 15) is 0 Å². The summed E-state index contributed by atoms with van der Waals surface area (Å²) in [6, 6.07) is 0. The summed E-state index contributed by atoms with van der Waals surface area (Å²) in [5, 5.41) is 0. The normalized spacial score (nSPS) is 19.9. The lowest BCUT2D eigenvalue weighted by molar-refractivity contribution is 0.0681. The Morgan fingerprint density at radius 2 is 2.40 bits per heavy atom. The van der Waals surface area contributed by atoms with Crippen molar-refractivity contribution in [3.05, 3.63) is 0 Å². The summed E-state index contributed by atoms with van der Waals surface area (Å²) in [5.41, 5.74) is 0. The van der Waals surface area contributed by atoms with Crippen molar-refractivity contribution in [1.29, 1.82) is 0 Å². The molecule has 0 aromatic heterocycles. The summed E-state index contributed by atoms with van der Waals surface area (Å²) >= 11 is 0. The van der Waals surface area contributed by atoms with Crippen LogP contribution in [-0.2, 0) is 4.74 Å². The van der Waals surface area contributed by atoms with E-state index in [1.165, 1.54) is 0 Å². The van der Waals surface area contributed by atoms with Crippen molar-refractivity contribution in [3.63, 3.8) is 0 Å². The summed E-state index contributed by atoms with van der Waals surface area (Å²) in [4.78, 5) is 1.77. The van der Waals surface area contributed by atoms with Crippen LogP contribution < -0.4 is 0 Å². The number of rotatable bonds is 3. The van der Waals surface area contributed by atoms with Gasteiger partial charge in [-0.1, -0.05) is 5.92 Å². The van der Waals surface area contributed by atoms with Crippen molar-refractivity contribution in [3.8, 4) is 12.3 Å².